The summed E-state index contributed by atoms with van der Waals surface area (Å²) in [6, 6.07) is 20.9. The highest BCUT2D eigenvalue weighted by Crippen LogP contribution is 2.35. The number of alkyl halides is 3. The van der Waals surface area contributed by atoms with Crippen LogP contribution in [-0.4, -0.2) is 46.8 Å². The first-order valence-electron chi connectivity index (χ1n) is 12.3. The van der Waals surface area contributed by atoms with E-state index in [2.05, 4.69) is 29.4 Å². The molecule has 0 spiro atoms. The third-order valence-electron chi connectivity index (χ3n) is 7.24. The van der Waals surface area contributed by atoms with Crippen LogP contribution >= 0.6 is 0 Å². The molecule has 2 aromatic carbocycles. The molecule has 0 bridgehead atoms. The molecule has 3 aromatic rings. The van der Waals surface area contributed by atoms with Gasteiger partial charge in [-0.05, 0) is 25.7 Å². The quantitative estimate of drug-likeness (QED) is 0.605. The number of halogens is 3. The second kappa shape index (κ2) is 9.85. The van der Waals surface area contributed by atoms with Crippen molar-refractivity contribution in [3.63, 3.8) is 0 Å². The predicted octanol–water partition coefficient (Wildman–Crippen LogP) is 3.30. The van der Waals surface area contributed by atoms with Gasteiger partial charge in [-0.2, -0.15) is 18.3 Å². The van der Waals surface area contributed by atoms with E-state index >= 15 is 0 Å². The molecule has 0 unspecified atom stereocenters. The van der Waals surface area contributed by atoms with Gasteiger partial charge >= 0.3 is 6.18 Å². The van der Waals surface area contributed by atoms with Crippen LogP contribution in [0.4, 0.5) is 13.2 Å². The van der Waals surface area contributed by atoms with E-state index in [1.165, 1.54) is 20.7 Å². The number of benzene rings is 2. The minimum atomic E-state index is -4.49. The summed E-state index contributed by atoms with van der Waals surface area (Å²) in [6.07, 6.45) is -2.02. The van der Waals surface area contributed by atoms with Crippen molar-refractivity contribution < 1.29 is 22.9 Å². The number of carbonyl (C=O) groups is 1. The standard InChI is InChI=1S/C27H29F3N4O/c28-27(29,30)26-22-13-7-8-14-23(22)34(31-26)19-24(35)32-15-17-33(18-16-32)25(20-9-3-1-4-10-20)21-11-5-2-6-12-21/h1-6,9-12,25H,7-8,13-19H2/p+1. The topological polar surface area (TPSA) is 42.6 Å². The Hall–Kier alpha value is -3.13. The maximum Gasteiger partial charge on any atom is 0.435 e. The van der Waals surface area contributed by atoms with Gasteiger partial charge < -0.3 is 9.80 Å². The fourth-order valence-corrected chi connectivity index (χ4v) is 5.54. The maximum absolute atomic E-state index is 13.5. The fraction of sp³-hybridized carbons (Fsp3) is 0.407. The van der Waals surface area contributed by atoms with Crippen molar-refractivity contribution in [3.05, 3.63) is 88.7 Å². The zero-order valence-electron chi connectivity index (χ0n) is 19.6. The third kappa shape index (κ3) is 4.98. The average Bonchev–Trinajstić information content (AvgIpc) is 3.25. The molecular formula is C27H30F3N4O+. The van der Waals surface area contributed by atoms with E-state index in [4.69, 9.17) is 0 Å². The summed E-state index contributed by atoms with van der Waals surface area (Å²) >= 11 is 0. The van der Waals surface area contributed by atoms with Crippen LogP contribution in [0.2, 0.25) is 0 Å². The fourth-order valence-electron chi connectivity index (χ4n) is 5.54. The van der Waals surface area contributed by atoms with Crippen molar-refractivity contribution in [3.8, 4) is 0 Å². The molecule has 1 N–H and O–H groups in total. The number of carbonyl (C=O) groups excluding carboxylic acids is 1. The summed E-state index contributed by atoms with van der Waals surface area (Å²) in [7, 11) is 0. The Morgan fingerprint density at radius 2 is 1.49 bits per heavy atom. The molecule has 2 aliphatic rings. The molecule has 0 radical (unpaired) electrons. The second-order valence-electron chi connectivity index (χ2n) is 9.43. The van der Waals surface area contributed by atoms with Gasteiger partial charge in [0, 0.05) is 22.4 Å². The Kier molecular flexibility index (Phi) is 6.65. The normalized spacial score (nSPS) is 17.0. The summed E-state index contributed by atoms with van der Waals surface area (Å²) in [5, 5.41) is 3.86. The second-order valence-corrected chi connectivity index (χ2v) is 9.43. The number of quaternary nitrogens is 1. The SMILES string of the molecule is O=C(Cn1nc(C(F)(F)F)c2c1CCCC2)N1CC[NH+](C(c2ccccc2)c2ccccc2)CC1. The van der Waals surface area contributed by atoms with Gasteiger partial charge in [-0.3, -0.25) is 9.48 Å². The molecule has 5 rings (SSSR count). The lowest BCUT2D eigenvalue weighted by atomic mass is 9.95. The predicted molar refractivity (Wildman–Crippen MR) is 126 cm³/mol. The lowest BCUT2D eigenvalue weighted by Gasteiger charge is -2.37. The largest absolute Gasteiger partial charge is 0.435 e. The molecule has 1 fully saturated rings. The number of amides is 1. The Balaban J connectivity index is 1.29. The van der Waals surface area contributed by atoms with E-state index in [-0.39, 0.29) is 24.1 Å². The van der Waals surface area contributed by atoms with Gasteiger partial charge in [0.25, 0.3) is 0 Å². The van der Waals surface area contributed by atoms with Gasteiger partial charge in [0.05, 0.1) is 26.2 Å². The van der Waals surface area contributed by atoms with Crippen molar-refractivity contribution in [2.24, 2.45) is 0 Å². The monoisotopic (exact) mass is 483 g/mol. The zero-order valence-corrected chi connectivity index (χ0v) is 19.6. The molecular weight excluding hydrogens is 453 g/mol. The van der Waals surface area contributed by atoms with Crippen molar-refractivity contribution >= 4 is 5.91 Å². The minimum absolute atomic E-state index is 0.130. The molecule has 0 atom stereocenters. The number of nitrogens with zero attached hydrogens (tertiary/aromatic N) is 3. The lowest BCUT2D eigenvalue weighted by molar-refractivity contribution is -0.929. The van der Waals surface area contributed by atoms with Crippen molar-refractivity contribution in [2.45, 2.75) is 44.4 Å². The van der Waals surface area contributed by atoms with Crippen LogP contribution in [0.15, 0.2) is 60.7 Å². The van der Waals surface area contributed by atoms with Crippen LogP contribution in [0, 0.1) is 0 Å². The highest BCUT2D eigenvalue weighted by molar-refractivity contribution is 5.76. The van der Waals surface area contributed by atoms with Crippen LogP contribution in [0.5, 0.6) is 0 Å². The van der Waals surface area contributed by atoms with Gasteiger partial charge in [-0.25, -0.2) is 0 Å². The van der Waals surface area contributed by atoms with Gasteiger partial charge in [-0.1, -0.05) is 60.7 Å². The number of piperazine rings is 1. The molecule has 1 saturated heterocycles. The Bertz CT molecular complexity index is 1110. The van der Waals surface area contributed by atoms with Crippen LogP contribution in [-0.2, 0) is 30.4 Å². The first-order chi connectivity index (χ1) is 16.9. The molecule has 1 amide bonds. The number of hydrogen-bond acceptors (Lipinski definition) is 2. The highest BCUT2D eigenvalue weighted by atomic mass is 19.4. The molecule has 5 nitrogen and oxygen atoms in total. The lowest BCUT2D eigenvalue weighted by Crippen LogP contribution is -3.15. The van der Waals surface area contributed by atoms with Crippen molar-refractivity contribution in [1.82, 2.24) is 14.7 Å². The van der Waals surface area contributed by atoms with Crippen LogP contribution in [0.1, 0.15) is 47.0 Å². The Morgan fingerprint density at radius 1 is 0.914 bits per heavy atom. The molecule has 184 valence electrons. The molecule has 1 aliphatic heterocycles. The summed E-state index contributed by atoms with van der Waals surface area (Å²) in [5.74, 6) is -0.162. The summed E-state index contributed by atoms with van der Waals surface area (Å²) in [6.45, 7) is 2.55. The number of rotatable bonds is 5. The van der Waals surface area contributed by atoms with Crippen LogP contribution < -0.4 is 4.90 Å². The molecule has 35 heavy (non-hydrogen) atoms. The van der Waals surface area contributed by atoms with Crippen molar-refractivity contribution in [1.29, 1.82) is 0 Å². The summed E-state index contributed by atoms with van der Waals surface area (Å²) in [4.78, 5) is 16.3. The van der Waals surface area contributed by atoms with Gasteiger partial charge in [0.2, 0.25) is 5.91 Å². The first kappa shape index (κ1) is 23.6. The summed E-state index contributed by atoms with van der Waals surface area (Å²) < 4.78 is 41.8. The van der Waals surface area contributed by atoms with Crippen molar-refractivity contribution in [2.75, 3.05) is 26.2 Å². The molecule has 2 heterocycles. The third-order valence-corrected chi connectivity index (χ3v) is 7.24. The smallest absolute Gasteiger partial charge is 0.330 e. The van der Waals surface area contributed by atoms with Gasteiger partial charge in [0.15, 0.2) is 5.69 Å². The zero-order chi connectivity index (χ0) is 24.4. The number of fused-ring (bicyclic) bond motifs is 1. The summed E-state index contributed by atoms with van der Waals surface area (Å²) in [5.41, 5.74) is 2.50. The average molecular weight is 484 g/mol. The maximum atomic E-state index is 13.5. The van der Waals surface area contributed by atoms with Crippen LogP contribution in [0.25, 0.3) is 0 Å². The molecule has 1 aromatic heterocycles. The minimum Gasteiger partial charge on any atom is -0.330 e. The molecule has 0 saturated carbocycles. The number of nitrogens with one attached hydrogen (secondary N) is 1. The Labute approximate surface area is 203 Å². The number of aromatic nitrogens is 2. The molecule has 8 heteroatoms. The van der Waals surface area contributed by atoms with E-state index in [1.54, 1.807) is 4.90 Å². The van der Waals surface area contributed by atoms with Gasteiger partial charge in [0.1, 0.15) is 12.6 Å². The van der Waals surface area contributed by atoms with E-state index in [0.29, 0.717) is 31.6 Å². The van der Waals surface area contributed by atoms with Crippen LogP contribution in [0.3, 0.4) is 0 Å². The van der Waals surface area contributed by atoms with E-state index < -0.39 is 11.9 Å². The Morgan fingerprint density at radius 3 is 2.06 bits per heavy atom. The van der Waals surface area contributed by atoms with E-state index in [0.717, 1.165) is 25.9 Å². The molecule has 1 aliphatic carbocycles. The highest BCUT2D eigenvalue weighted by Gasteiger charge is 2.40. The first-order valence-corrected chi connectivity index (χ1v) is 12.3. The van der Waals surface area contributed by atoms with Gasteiger partial charge in [-0.15, -0.1) is 0 Å². The van der Waals surface area contributed by atoms with E-state index in [9.17, 15) is 18.0 Å². The van der Waals surface area contributed by atoms with E-state index in [1.807, 2.05) is 36.4 Å². The number of hydrogen-bond donors (Lipinski definition) is 1.